The highest BCUT2D eigenvalue weighted by molar-refractivity contribution is 9.10. The number of hydrogen-bond donors (Lipinski definition) is 0. The second-order valence-corrected chi connectivity index (χ2v) is 7.29. The van der Waals surface area contributed by atoms with E-state index >= 15 is 0 Å². The van der Waals surface area contributed by atoms with Crippen LogP contribution in [-0.2, 0) is 11.3 Å². The highest BCUT2D eigenvalue weighted by Crippen LogP contribution is 2.19. The van der Waals surface area contributed by atoms with E-state index in [4.69, 9.17) is 4.74 Å². The second-order valence-electron chi connectivity index (χ2n) is 6.38. The predicted octanol–water partition coefficient (Wildman–Crippen LogP) is 5.00. The Morgan fingerprint density at radius 3 is 2.48 bits per heavy atom. The number of carbonyl (C=O) groups excluding carboxylic acids is 1. The number of halogens is 2. The number of carbonyl (C=O) groups is 1. The molecule has 1 saturated heterocycles. The summed E-state index contributed by atoms with van der Waals surface area (Å²) in [6.45, 7) is 4.87. The molecular weight excluding hydrogens is 402 g/mol. The summed E-state index contributed by atoms with van der Waals surface area (Å²) in [5.41, 5.74) is 3.09. The van der Waals surface area contributed by atoms with Gasteiger partial charge in [0.05, 0.1) is 5.56 Å². The highest BCUT2D eigenvalue weighted by Gasteiger charge is 2.22. The molecule has 0 atom stereocenters. The Morgan fingerprint density at radius 2 is 1.84 bits per heavy atom. The van der Waals surface area contributed by atoms with Crippen LogP contribution >= 0.6 is 28.3 Å². The molecular formula is C20H23BrClNO2. The molecule has 0 aliphatic carbocycles. The number of likely N-dealkylation sites (tertiary alicyclic amines) is 1. The van der Waals surface area contributed by atoms with Crippen molar-refractivity contribution in [2.75, 3.05) is 13.1 Å². The SMILES string of the molecule is Cc1ccc(C(=O)OC2CCN(Cc3cccc(Br)c3)CC2)cc1.Cl. The summed E-state index contributed by atoms with van der Waals surface area (Å²) in [6.07, 6.45) is 1.81. The lowest BCUT2D eigenvalue weighted by molar-refractivity contribution is 0.0104. The number of benzene rings is 2. The molecule has 3 nitrogen and oxygen atoms in total. The Balaban J connectivity index is 0.00000225. The van der Waals surface area contributed by atoms with Gasteiger partial charge in [0.15, 0.2) is 0 Å². The van der Waals surface area contributed by atoms with Gasteiger partial charge in [-0.2, -0.15) is 0 Å². The first-order chi connectivity index (χ1) is 11.6. The summed E-state index contributed by atoms with van der Waals surface area (Å²) in [5, 5.41) is 0. The fourth-order valence-electron chi connectivity index (χ4n) is 2.99. The Hall–Kier alpha value is -1.36. The molecule has 0 aromatic heterocycles. The lowest BCUT2D eigenvalue weighted by Gasteiger charge is -2.31. The van der Waals surface area contributed by atoms with Crippen LogP contribution in [0.3, 0.4) is 0 Å². The van der Waals surface area contributed by atoms with Crippen molar-refractivity contribution < 1.29 is 9.53 Å². The molecule has 1 heterocycles. The van der Waals surface area contributed by atoms with Crippen LogP contribution in [0.25, 0.3) is 0 Å². The largest absolute Gasteiger partial charge is 0.459 e. The number of piperidine rings is 1. The summed E-state index contributed by atoms with van der Waals surface area (Å²) in [5.74, 6) is -0.208. The van der Waals surface area contributed by atoms with Crippen molar-refractivity contribution in [3.8, 4) is 0 Å². The number of aryl methyl sites for hydroxylation is 1. The van der Waals surface area contributed by atoms with E-state index in [-0.39, 0.29) is 24.5 Å². The topological polar surface area (TPSA) is 29.5 Å². The lowest BCUT2D eigenvalue weighted by Crippen LogP contribution is -2.37. The summed E-state index contributed by atoms with van der Waals surface area (Å²) < 4.78 is 6.77. The van der Waals surface area contributed by atoms with Gasteiger partial charge < -0.3 is 4.74 Å². The molecule has 1 aliphatic rings. The number of hydrogen-bond acceptors (Lipinski definition) is 3. The second kappa shape index (κ2) is 9.37. The highest BCUT2D eigenvalue weighted by atomic mass is 79.9. The van der Waals surface area contributed by atoms with E-state index < -0.39 is 0 Å². The summed E-state index contributed by atoms with van der Waals surface area (Å²) in [6, 6.07) is 16.0. The van der Waals surface area contributed by atoms with E-state index in [0.717, 1.165) is 42.5 Å². The maximum Gasteiger partial charge on any atom is 0.338 e. The Morgan fingerprint density at radius 1 is 1.16 bits per heavy atom. The van der Waals surface area contributed by atoms with Gasteiger partial charge in [-0.15, -0.1) is 12.4 Å². The van der Waals surface area contributed by atoms with Gasteiger partial charge in [0.25, 0.3) is 0 Å². The van der Waals surface area contributed by atoms with Gasteiger partial charge in [-0.3, -0.25) is 4.90 Å². The quantitative estimate of drug-likeness (QED) is 0.647. The monoisotopic (exact) mass is 423 g/mol. The van der Waals surface area contributed by atoms with Crippen LogP contribution in [0, 0.1) is 6.92 Å². The molecule has 0 unspecified atom stereocenters. The van der Waals surface area contributed by atoms with Gasteiger partial charge in [0.2, 0.25) is 0 Å². The summed E-state index contributed by atoms with van der Waals surface area (Å²) in [4.78, 5) is 14.6. The van der Waals surface area contributed by atoms with Gasteiger partial charge in [-0.1, -0.05) is 45.8 Å². The van der Waals surface area contributed by atoms with E-state index in [9.17, 15) is 4.79 Å². The van der Waals surface area contributed by atoms with Gasteiger partial charge in [0, 0.05) is 24.1 Å². The molecule has 1 aliphatic heterocycles. The molecule has 134 valence electrons. The smallest absolute Gasteiger partial charge is 0.338 e. The van der Waals surface area contributed by atoms with Crippen LogP contribution in [0.5, 0.6) is 0 Å². The molecule has 0 spiro atoms. The molecule has 0 radical (unpaired) electrons. The van der Waals surface area contributed by atoms with Crippen LogP contribution < -0.4 is 0 Å². The fraction of sp³-hybridized carbons (Fsp3) is 0.350. The van der Waals surface area contributed by atoms with Crippen LogP contribution in [0.1, 0.15) is 34.3 Å². The molecule has 3 rings (SSSR count). The van der Waals surface area contributed by atoms with E-state index in [0.29, 0.717) is 5.56 Å². The van der Waals surface area contributed by atoms with Crippen LogP contribution in [0.15, 0.2) is 53.0 Å². The third-order valence-corrected chi connectivity index (χ3v) is 4.88. The minimum atomic E-state index is -0.208. The summed E-state index contributed by atoms with van der Waals surface area (Å²) >= 11 is 3.51. The van der Waals surface area contributed by atoms with Crippen molar-refractivity contribution >= 4 is 34.3 Å². The normalized spacial score (nSPS) is 15.4. The fourth-order valence-corrected chi connectivity index (χ4v) is 3.43. The molecule has 5 heteroatoms. The van der Waals surface area contributed by atoms with Gasteiger partial charge >= 0.3 is 5.97 Å². The van der Waals surface area contributed by atoms with Crippen molar-refractivity contribution in [3.63, 3.8) is 0 Å². The Kier molecular flexibility index (Phi) is 7.48. The molecule has 0 N–H and O–H groups in total. The third-order valence-electron chi connectivity index (χ3n) is 4.39. The number of nitrogens with zero attached hydrogens (tertiary/aromatic N) is 1. The molecule has 0 bridgehead atoms. The van der Waals surface area contributed by atoms with Crippen LogP contribution in [0.4, 0.5) is 0 Å². The number of ether oxygens (including phenoxy) is 1. The minimum absolute atomic E-state index is 0. The molecule has 25 heavy (non-hydrogen) atoms. The predicted molar refractivity (Wildman–Crippen MR) is 106 cm³/mol. The van der Waals surface area contributed by atoms with Gasteiger partial charge in [0.1, 0.15) is 6.10 Å². The molecule has 2 aromatic rings. The zero-order valence-electron chi connectivity index (χ0n) is 14.3. The van der Waals surface area contributed by atoms with Crippen molar-refractivity contribution in [2.24, 2.45) is 0 Å². The van der Waals surface area contributed by atoms with Crippen LogP contribution in [-0.4, -0.2) is 30.1 Å². The Bertz CT molecular complexity index is 697. The molecule has 2 aromatic carbocycles. The van der Waals surface area contributed by atoms with E-state index in [1.54, 1.807) is 0 Å². The first kappa shape index (κ1) is 20.0. The lowest BCUT2D eigenvalue weighted by atomic mass is 10.1. The maximum atomic E-state index is 12.2. The first-order valence-corrected chi connectivity index (χ1v) is 9.14. The standard InChI is InChI=1S/C20H22BrNO2.ClH/c1-15-5-7-17(8-6-15)20(23)24-19-9-11-22(12-10-19)14-16-3-2-4-18(21)13-16;/h2-8,13,19H,9-12,14H2,1H3;1H. The van der Waals surface area contributed by atoms with Crippen molar-refractivity contribution in [1.82, 2.24) is 4.90 Å². The summed E-state index contributed by atoms with van der Waals surface area (Å²) in [7, 11) is 0. The zero-order chi connectivity index (χ0) is 16.9. The number of esters is 1. The Labute approximate surface area is 163 Å². The average Bonchev–Trinajstić information content (AvgIpc) is 2.57. The van der Waals surface area contributed by atoms with Crippen LogP contribution in [0.2, 0.25) is 0 Å². The average molecular weight is 425 g/mol. The van der Waals surface area contributed by atoms with Gasteiger partial charge in [-0.05, 0) is 49.6 Å². The minimum Gasteiger partial charge on any atom is -0.459 e. The maximum absolute atomic E-state index is 12.2. The van der Waals surface area contributed by atoms with Crippen molar-refractivity contribution in [3.05, 3.63) is 69.7 Å². The third kappa shape index (κ3) is 5.84. The molecule has 1 fully saturated rings. The number of rotatable bonds is 4. The first-order valence-electron chi connectivity index (χ1n) is 8.34. The van der Waals surface area contributed by atoms with Crippen molar-refractivity contribution in [1.29, 1.82) is 0 Å². The van der Waals surface area contributed by atoms with E-state index in [1.807, 2.05) is 37.3 Å². The molecule has 0 amide bonds. The van der Waals surface area contributed by atoms with Crippen molar-refractivity contribution in [2.45, 2.75) is 32.4 Å². The van der Waals surface area contributed by atoms with E-state index in [2.05, 4.69) is 39.0 Å². The van der Waals surface area contributed by atoms with Gasteiger partial charge in [-0.25, -0.2) is 4.79 Å². The zero-order valence-corrected chi connectivity index (χ0v) is 16.7. The van der Waals surface area contributed by atoms with E-state index in [1.165, 1.54) is 5.56 Å². The molecule has 0 saturated carbocycles.